The molecule has 0 aliphatic heterocycles. The van der Waals surface area contributed by atoms with Gasteiger partial charge >= 0.3 is 0 Å². The fourth-order valence-corrected chi connectivity index (χ4v) is 0. The van der Waals surface area contributed by atoms with Crippen molar-refractivity contribution in [2.75, 3.05) is 0 Å². The van der Waals surface area contributed by atoms with Gasteiger partial charge in [-0.25, -0.2) is 0 Å². The molecule has 0 saturated carbocycles. The van der Waals surface area contributed by atoms with E-state index in [9.17, 15) is 0 Å². The van der Waals surface area contributed by atoms with Crippen LogP contribution in [-0.4, -0.2) is 0 Å². The summed E-state index contributed by atoms with van der Waals surface area (Å²) >= 11 is 0. The molecule has 0 aliphatic carbocycles. The van der Waals surface area contributed by atoms with Gasteiger partial charge in [-0.3, -0.25) is 0 Å². The molecule has 0 atom stereocenters. The molecular weight excluding hydrogens is 288 g/mol. The highest BCUT2D eigenvalue weighted by molar-refractivity contribution is 3.51. The first kappa shape index (κ1) is 1410. The number of rotatable bonds is 0. The van der Waals surface area contributed by atoms with E-state index in [1.54, 1.807) is 0 Å². The monoisotopic (exact) mass is 379 g/mol. The van der Waals surface area contributed by atoms with E-state index in [2.05, 4.69) is 0 Å². The Labute approximate surface area is 175 Å². The number of hydrogen-bond acceptors (Lipinski definition) is 0. The third kappa shape index (κ3) is 0. The van der Waals surface area contributed by atoms with Gasteiger partial charge in [0.1, 0.15) is 0 Å². The Hall–Kier alpha value is 0. The first-order valence-corrected chi connectivity index (χ1v) is 3.00. The minimum Gasteiger partial charge on any atom is -0.0776 e. The molecule has 0 unspecified atom stereocenters. The van der Waals surface area contributed by atoms with Crippen molar-refractivity contribution in [3.05, 3.63) is 0 Å². The van der Waals surface area contributed by atoms with Crippen LogP contribution in [0.5, 0.6) is 0 Å². The van der Waals surface area contributed by atoms with Crippen LogP contribution in [0.4, 0.5) is 0 Å². The normalized spacial score (nSPS) is 0.750. The highest BCUT2D eigenvalue weighted by Gasteiger charge is 0.936. The van der Waals surface area contributed by atoms with E-state index in [-0.39, 0.29) is 134 Å². The van der Waals surface area contributed by atoms with Crippen molar-refractivity contribution >= 4 is 0 Å². The highest BCUT2D eigenvalue weighted by atomic mass is 13.0. The molecule has 0 N–H and O–H groups in total. The molecule has 0 rings (SSSR count). The van der Waals surface area contributed by atoms with Crippen LogP contribution >= 0.6 is 0 Å². The van der Waals surface area contributed by atoms with Gasteiger partial charge in [-0.05, 0) is 0 Å². The average Bonchev–Trinajstić information content (AvgIpc) is 1.81. The van der Waals surface area contributed by atoms with Crippen molar-refractivity contribution in [1.29, 1.82) is 0 Å². The molecule has 0 aromatic carbocycles. The molecule has 0 aliphatic rings. The molecule has 186 valence electrons. The fourth-order valence-electron chi connectivity index (χ4n) is 0. The summed E-state index contributed by atoms with van der Waals surface area (Å²) in [5, 5.41) is 0. The van der Waals surface area contributed by atoms with E-state index in [1.165, 1.54) is 0 Å². The molecule has 0 saturated heterocycles. The van der Waals surface area contributed by atoms with E-state index >= 15 is 0 Å². The molecule has 0 aromatic heterocycles. The lowest BCUT2D eigenvalue weighted by Gasteiger charge is -1.07. The highest BCUT2D eigenvalue weighted by Crippen LogP contribution is 1.15. The second-order valence-electron chi connectivity index (χ2n) is 0. The SMILES string of the molecule is C.C.C.C.C.C.C.C.C.C.C.C.C.C.C.C.C.C.CC.CC.CC. The van der Waals surface area contributed by atoms with Crippen LogP contribution in [0.1, 0.15) is 175 Å². The summed E-state index contributed by atoms with van der Waals surface area (Å²) in [6.45, 7) is 12.0. The first-order valence-electron chi connectivity index (χ1n) is 3.00. The zero-order valence-corrected chi connectivity index (χ0v) is 6.00. The maximum atomic E-state index is 2.00. The third-order valence-electron chi connectivity index (χ3n) is 0. The zero-order chi connectivity index (χ0) is 6.00. The Balaban J connectivity index is -0.000000000215. The van der Waals surface area contributed by atoms with Crippen molar-refractivity contribution < 1.29 is 0 Å². The minimum absolute atomic E-state index is 0. The summed E-state index contributed by atoms with van der Waals surface area (Å²) in [5.41, 5.74) is 0. The molecule has 0 bridgehead atoms. The molecule has 0 aromatic rings. The Kier molecular flexibility index (Phi) is 0. The maximum absolute atomic E-state index is 2.00. The summed E-state index contributed by atoms with van der Waals surface area (Å²) < 4.78 is 0. The lowest BCUT2D eigenvalue weighted by atomic mass is 11.0. The molecular formula is C24H90. The summed E-state index contributed by atoms with van der Waals surface area (Å²) in [4.78, 5) is 0. The van der Waals surface area contributed by atoms with E-state index in [0.29, 0.717) is 0 Å². The van der Waals surface area contributed by atoms with E-state index in [4.69, 9.17) is 0 Å². The molecule has 0 fully saturated rings. The number of hydrogen-bond donors (Lipinski definition) is 0. The molecule has 24 heavy (non-hydrogen) atoms. The Morgan fingerprint density at radius 2 is 0.125 bits per heavy atom. The molecule has 0 radical (unpaired) electrons. The predicted octanol–water partition coefficient (Wildman–Crippen LogP) is 14.5. The van der Waals surface area contributed by atoms with Crippen molar-refractivity contribution in [1.82, 2.24) is 0 Å². The largest absolute Gasteiger partial charge is 0.0776 e. The Morgan fingerprint density at radius 3 is 0.125 bits per heavy atom. The van der Waals surface area contributed by atoms with Gasteiger partial charge < -0.3 is 0 Å². The summed E-state index contributed by atoms with van der Waals surface area (Å²) in [6, 6.07) is 0. The Bertz CT molecular complexity index is 0. The minimum atomic E-state index is 0. The van der Waals surface area contributed by atoms with Crippen molar-refractivity contribution in [3.63, 3.8) is 0 Å². The van der Waals surface area contributed by atoms with Gasteiger partial charge in [-0.2, -0.15) is 0 Å². The topological polar surface area (TPSA) is 0 Å². The van der Waals surface area contributed by atoms with Crippen molar-refractivity contribution in [2.24, 2.45) is 0 Å². The molecule has 0 spiro atoms. The fraction of sp³-hybridized carbons (Fsp3) is 1.00. The zero-order valence-electron chi connectivity index (χ0n) is 6.00. The summed E-state index contributed by atoms with van der Waals surface area (Å²) in [5.74, 6) is 0. The molecule has 0 amide bonds. The van der Waals surface area contributed by atoms with Crippen LogP contribution in [0, 0.1) is 0 Å². The van der Waals surface area contributed by atoms with Crippen LogP contribution in [0.15, 0.2) is 0 Å². The van der Waals surface area contributed by atoms with Gasteiger partial charge in [0.05, 0.1) is 0 Å². The van der Waals surface area contributed by atoms with Crippen LogP contribution in [0.3, 0.4) is 0 Å². The van der Waals surface area contributed by atoms with Gasteiger partial charge in [0.2, 0.25) is 0 Å². The third-order valence-corrected chi connectivity index (χ3v) is 0. The van der Waals surface area contributed by atoms with Gasteiger partial charge in [-0.15, -0.1) is 0 Å². The molecule has 0 heteroatoms. The lowest BCUT2D eigenvalue weighted by molar-refractivity contribution is 1.50. The Morgan fingerprint density at radius 1 is 0.125 bits per heavy atom. The first-order chi connectivity index (χ1) is 3.00. The maximum Gasteiger partial charge on any atom is -0.0683 e. The summed E-state index contributed by atoms with van der Waals surface area (Å²) in [6.07, 6.45) is 0. The second kappa shape index (κ2) is 0. The van der Waals surface area contributed by atoms with Crippen molar-refractivity contribution in [2.45, 2.75) is 175 Å². The quantitative estimate of drug-likeness (QED) is 0.393. The van der Waals surface area contributed by atoms with Gasteiger partial charge in [0.15, 0.2) is 0 Å². The van der Waals surface area contributed by atoms with Crippen LogP contribution in [-0.2, 0) is 0 Å². The predicted molar refractivity (Wildman–Crippen MR) is 155 cm³/mol. The van der Waals surface area contributed by atoms with Gasteiger partial charge in [-0.1, -0.05) is 175 Å². The summed E-state index contributed by atoms with van der Waals surface area (Å²) in [7, 11) is 0. The van der Waals surface area contributed by atoms with E-state index < -0.39 is 0 Å². The smallest absolute Gasteiger partial charge is 0.0683 e. The molecule has 0 nitrogen and oxygen atoms in total. The molecule has 0 heterocycles. The van der Waals surface area contributed by atoms with Crippen molar-refractivity contribution in [3.8, 4) is 0 Å². The van der Waals surface area contributed by atoms with Crippen LogP contribution in [0.2, 0.25) is 0 Å². The lowest BCUT2D eigenvalue weighted by Crippen LogP contribution is -0.856. The van der Waals surface area contributed by atoms with Crippen LogP contribution in [0.25, 0.3) is 0 Å². The van der Waals surface area contributed by atoms with E-state index in [0.717, 1.165) is 0 Å². The van der Waals surface area contributed by atoms with E-state index in [1.807, 2.05) is 41.5 Å². The van der Waals surface area contributed by atoms with Crippen LogP contribution < -0.4 is 0 Å². The van der Waals surface area contributed by atoms with Gasteiger partial charge in [0, 0.05) is 0 Å². The average molecular weight is 379 g/mol. The van der Waals surface area contributed by atoms with Gasteiger partial charge in [0.25, 0.3) is 0 Å². The standard InChI is InChI=1S/3C2H6.18CH4/c3*1-2;;;;;;;;;;;;;;;;;;/h3*1-2H3;18*1H4. The second-order valence-corrected chi connectivity index (χ2v) is 0.